The molecule has 5 rings (SSSR count). The van der Waals surface area contributed by atoms with Gasteiger partial charge in [0.15, 0.2) is 22.9 Å². The van der Waals surface area contributed by atoms with Crippen molar-refractivity contribution in [3.05, 3.63) is 71.1 Å². The fourth-order valence-corrected chi connectivity index (χ4v) is 5.63. The number of Topliss-reactive ketones (excluding diaryl/α,β-unsaturated/α-hetero) is 1. The van der Waals surface area contributed by atoms with Crippen LogP contribution in [-0.2, 0) is 17.8 Å². The molecule has 1 N–H and O–H groups in total. The van der Waals surface area contributed by atoms with E-state index in [1.807, 2.05) is 18.2 Å². The second-order valence-electron chi connectivity index (χ2n) is 9.50. The quantitative estimate of drug-likeness (QED) is 0.431. The van der Waals surface area contributed by atoms with Gasteiger partial charge in [-0.25, -0.2) is 19.2 Å². The molecule has 0 unspecified atom stereocenters. The SMILES string of the molecule is CC1=C(C2CCC(CC(=O)c3ccc4cccnc4n3)CC2)c2cc(F)c[n+](CC(=O)O)c2C1. The zero-order valence-electron chi connectivity index (χ0n) is 19.1. The highest BCUT2D eigenvalue weighted by molar-refractivity contribution is 5.96. The van der Waals surface area contributed by atoms with Crippen LogP contribution < -0.4 is 4.57 Å². The maximum atomic E-state index is 14.3. The lowest BCUT2D eigenvalue weighted by Crippen LogP contribution is -2.42. The van der Waals surface area contributed by atoms with Crippen LogP contribution in [0.1, 0.15) is 60.8 Å². The van der Waals surface area contributed by atoms with E-state index >= 15 is 0 Å². The number of rotatable bonds is 6. The van der Waals surface area contributed by atoms with E-state index < -0.39 is 11.8 Å². The summed E-state index contributed by atoms with van der Waals surface area (Å²) in [7, 11) is 0. The van der Waals surface area contributed by atoms with E-state index in [0.29, 0.717) is 36.0 Å². The molecule has 174 valence electrons. The number of aromatic nitrogens is 3. The summed E-state index contributed by atoms with van der Waals surface area (Å²) in [5.41, 5.74) is 5.14. The fraction of sp³-hybridized carbons (Fsp3) is 0.370. The smallest absolute Gasteiger partial charge is 0.370 e. The Morgan fingerprint density at radius 2 is 1.97 bits per heavy atom. The summed E-state index contributed by atoms with van der Waals surface area (Å²) in [5.74, 6) is -0.740. The van der Waals surface area contributed by atoms with Crippen molar-refractivity contribution in [1.29, 1.82) is 0 Å². The number of ketones is 1. The van der Waals surface area contributed by atoms with Crippen LogP contribution >= 0.6 is 0 Å². The number of allylic oxidation sites excluding steroid dienone is 2. The van der Waals surface area contributed by atoms with Crippen LogP contribution in [0.2, 0.25) is 0 Å². The minimum Gasteiger partial charge on any atom is -0.477 e. The minimum absolute atomic E-state index is 0.0504. The van der Waals surface area contributed by atoms with Gasteiger partial charge >= 0.3 is 5.97 Å². The number of carboxylic acid groups (broad SMARTS) is 1. The number of pyridine rings is 3. The Morgan fingerprint density at radius 3 is 2.74 bits per heavy atom. The molecular formula is C27H27FN3O3+. The molecular weight excluding hydrogens is 433 g/mol. The first-order valence-corrected chi connectivity index (χ1v) is 11.8. The molecule has 0 radical (unpaired) electrons. The summed E-state index contributed by atoms with van der Waals surface area (Å²) in [4.78, 5) is 32.8. The lowest BCUT2D eigenvalue weighted by Gasteiger charge is -2.29. The predicted molar refractivity (Wildman–Crippen MR) is 124 cm³/mol. The topological polar surface area (TPSA) is 84.0 Å². The Hall–Kier alpha value is -3.48. The molecule has 0 aliphatic heterocycles. The highest BCUT2D eigenvalue weighted by Crippen LogP contribution is 2.44. The summed E-state index contributed by atoms with van der Waals surface area (Å²) in [5, 5.41) is 10.1. The molecule has 3 heterocycles. The van der Waals surface area contributed by atoms with E-state index in [4.69, 9.17) is 0 Å². The molecule has 0 aromatic carbocycles. The molecule has 0 spiro atoms. The van der Waals surface area contributed by atoms with Crippen LogP contribution in [0, 0.1) is 17.7 Å². The summed E-state index contributed by atoms with van der Waals surface area (Å²) in [6, 6.07) is 9.00. The lowest BCUT2D eigenvalue weighted by molar-refractivity contribution is -0.694. The molecule has 2 aliphatic carbocycles. The number of aliphatic carboxylic acids is 1. The van der Waals surface area contributed by atoms with Crippen LogP contribution in [-0.4, -0.2) is 26.8 Å². The van der Waals surface area contributed by atoms with Gasteiger partial charge in [-0.05, 0) is 80.3 Å². The van der Waals surface area contributed by atoms with Crippen molar-refractivity contribution < 1.29 is 23.7 Å². The predicted octanol–water partition coefficient (Wildman–Crippen LogP) is 4.55. The van der Waals surface area contributed by atoms with Gasteiger partial charge in [0.1, 0.15) is 5.69 Å². The van der Waals surface area contributed by atoms with Gasteiger partial charge in [0.25, 0.3) is 0 Å². The third kappa shape index (κ3) is 4.34. The maximum Gasteiger partial charge on any atom is 0.370 e. The number of nitrogens with zero attached hydrogens (tertiary/aromatic N) is 3. The molecule has 34 heavy (non-hydrogen) atoms. The lowest BCUT2D eigenvalue weighted by atomic mass is 9.75. The van der Waals surface area contributed by atoms with E-state index in [0.717, 1.165) is 42.3 Å². The van der Waals surface area contributed by atoms with E-state index in [-0.39, 0.29) is 12.3 Å². The van der Waals surface area contributed by atoms with Crippen molar-refractivity contribution in [3.8, 4) is 0 Å². The zero-order valence-corrected chi connectivity index (χ0v) is 19.1. The number of carboxylic acids is 1. The molecule has 0 saturated heterocycles. The van der Waals surface area contributed by atoms with Crippen molar-refractivity contribution in [1.82, 2.24) is 9.97 Å². The average molecular weight is 461 g/mol. The number of hydrogen-bond acceptors (Lipinski definition) is 4. The van der Waals surface area contributed by atoms with Gasteiger partial charge in [-0.3, -0.25) is 4.79 Å². The van der Waals surface area contributed by atoms with Crippen LogP contribution in [0.25, 0.3) is 16.6 Å². The summed E-state index contributed by atoms with van der Waals surface area (Å²) in [6.45, 7) is 1.82. The van der Waals surface area contributed by atoms with E-state index in [2.05, 4.69) is 16.9 Å². The van der Waals surface area contributed by atoms with Crippen LogP contribution in [0.5, 0.6) is 0 Å². The van der Waals surface area contributed by atoms with E-state index in [9.17, 15) is 19.1 Å². The minimum atomic E-state index is -0.981. The Morgan fingerprint density at radius 1 is 1.18 bits per heavy atom. The Kier molecular flexibility index (Phi) is 5.94. The number of carbonyl (C=O) groups excluding carboxylic acids is 1. The third-order valence-electron chi connectivity index (χ3n) is 7.19. The highest BCUT2D eigenvalue weighted by Gasteiger charge is 2.35. The molecule has 7 heteroatoms. The molecule has 0 bridgehead atoms. The fourth-order valence-electron chi connectivity index (χ4n) is 5.63. The van der Waals surface area contributed by atoms with Gasteiger partial charge in [0.2, 0.25) is 12.7 Å². The number of halogens is 1. The standard InChI is InChI=1S/C27H26FN3O3/c1-16-11-23-21(13-20(28)14-31(23)15-25(33)34)26(16)18-6-4-17(5-7-18)12-24(32)22-9-8-19-3-2-10-29-27(19)30-22/h2-3,8-10,13-14,17-18H,4-7,11-12,15H2,1H3/p+1. The molecule has 0 amide bonds. The molecule has 3 aromatic heterocycles. The summed E-state index contributed by atoms with van der Waals surface area (Å²) >= 11 is 0. The Labute approximate surface area is 197 Å². The third-order valence-corrected chi connectivity index (χ3v) is 7.19. The van der Waals surface area contributed by atoms with E-state index in [1.165, 1.54) is 21.9 Å². The van der Waals surface area contributed by atoms with Gasteiger partial charge in [-0.1, -0.05) is 5.57 Å². The largest absolute Gasteiger partial charge is 0.477 e. The highest BCUT2D eigenvalue weighted by atomic mass is 19.1. The summed E-state index contributed by atoms with van der Waals surface area (Å²) in [6.07, 6.45) is 7.81. The molecule has 1 fully saturated rings. The molecule has 1 saturated carbocycles. The van der Waals surface area contributed by atoms with Crippen molar-refractivity contribution in [2.45, 2.75) is 52.0 Å². The van der Waals surface area contributed by atoms with E-state index in [1.54, 1.807) is 18.3 Å². The molecule has 6 nitrogen and oxygen atoms in total. The van der Waals surface area contributed by atoms with Crippen molar-refractivity contribution >= 4 is 28.4 Å². The molecule has 2 aliphatic rings. The number of fused-ring (bicyclic) bond motifs is 2. The second-order valence-corrected chi connectivity index (χ2v) is 9.50. The number of hydrogen-bond donors (Lipinski definition) is 1. The first-order valence-electron chi connectivity index (χ1n) is 11.8. The van der Waals surface area contributed by atoms with Crippen molar-refractivity contribution in [3.63, 3.8) is 0 Å². The van der Waals surface area contributed by atoms with Crippen molar-refractivity contribution in [2.75, 3.05) is 0 Å². The second kappa shape index (κ2) is 9.05. The first kappa shape index (κ1) is 22.3. The molecule has 0 atom stereocenters. The van der Waals surface area contributed by atoms with Gasteiger partial charge in [-0.2, -0.15) is 4.57 Å². The van der Waals surface area contributed by atoms with Crippen LogP contribution in [0.3, 0.4) is 0 Å². The monoisotopic (exact) mass is 460 g/mol. The molecule has 3 aromatic rings. The number of carbonyl (C=O) groups is 2. The van der Waals surface area contributed by atoms with Crippen LogP contribution in [0.15, 0.2) is 48.3 Å². The van der Waals surface area contributed by atoms with Gasteiger partial charge < -0.3 is 5.11 Å². The van der Waals surface area contributed by atoms with Crippen LogP contribution in [0.4, 0.5) is 4.39 Å². The normalized spacial score (nSPS) is 19.9. The van der Waals surface area contributed by atoms with Gasteiger partial charge in [-0.15, -0.1) is 0 Å². The van der Waals surface area contributed by atoms with Gasteiger partial charge in [0.05, 0.1) is 6.42 Å². The first-order chi connectivity index (χ1) is 16.4. The Balaban J connectivity index is 1.27. The summed E-state index contributed by atoms with van der Waals surface area (Å²) < 4.78 is 15.8. The average Bonchev–Trinajstić information content (AvgIpc) is 3.14. The zero-order chi connectivity index (χ0) is 23.8. The van der Waals surface area contributed by atoms with Crippen molar-refractivity contribution in [2.24, 2.45) is 11.8 Å². The maximum absolute atomic E-state index is 14.3. The van der Waals surface area contributed by atoms with Gasteiger partial charge in [0, 0.05) is 23.6 Å². The Bertz CT molecular complexity index is 1330.